The Bertz CT molecular complexity index is 604. The number of hydrogen-bond acceptors (Lipinski definition) is 4. The van der Waals surface area contributed by atoms with Gasteiger partial charge in [0.05, 0.1) is 11.7 Å². The Morgan fingerprint density at radius 1 is 1.47 bits per heavy atom. The minimum Gasteiger partial charge on any atom is -0.478 e. The molecule has 0 saturated heterocycles. The molecule has 19 heavy (non-hydrogen) atoms. The number of carbonyl (C=O) groups is 1. The minimum atomic E-state index is -0.997. The van der Waals surface area contributed by atoms with E-state index in [-0.39, 0.29) is 11.6 Å². The Labute approximate surface area is 111 Å². The molecule has 5 heteroatoms. The number of nitrogens with zero attached hydrogens (tertiary/aromatic N) is 1. The van der Waals surface area contributed by atoms with Gasteiger partial charge >= 0.3 is 5.97 Å². The smallest absolute Gasteiger partial charge is 0.339 e. The number of rotatable bonds is 4. The van der Waals surface area contributed by atoms with E-state index >= 15 is 0 Å². The minimum absolute atomic E-state index is 0.0436. The first-order chi connectivity index (χ1) is 8.99. The Morgan fingerprint density at radius 3 is 2.79 bits per heavy atom. The van der Waals surface area contributed by atoms with E-state index in [0.717, 1.165) is 17.1 Å². The van der Waals surface area contributed by atoms with Crippen LogP contribution in [0.3, 0.4) is 0 Å². The topological polar surface area (TPSA) is 75.4 Å². The molecular formula is C14H16N2O3. The second-order valence-electron chi connectivity index (χ2n) is 4.46. The van der Waals surface area contributed by atoms with Crippen LogP contribution in [0.2, 0.25) is 0 Å². The first-order valence-electron chi connectivity index (χ1n) is 6.00. The van der Waals surface area contributed by atoms with Gasteiger partial charge in [0.1, 0.15) is 17.1 Å². The Morgan fingerprint density at radius 2 is 2.21 bits per heavy atom. The van der Waals surface area contributed by atoms with Crippen LogP contribution < -0.4 is 5.32 Å². The Kier molecular flexibility index (Phi) is 3.55. The summed E-state index contributed by atoms with van der Waals surface area (Å²) in [5.74, 6) is 0.681. The maximum atomic E-state index is 11.1. The SMILES string of the molecule is Cc1cc(C(C)Nc2ccncc2C(=O)O)c(C)o1. The number of aromatic carboxylic acids is 1. The molecule has 5 nitrogen and oxygen atoms in total. The molecule has 0 aliphatic heterocycles. The predicted octanol–water partition coefficient (Wildman–Crippen LogP) is 3.16. The highest BCUT2D eigenvalue weighted by atomic mass is 16.4. The van der Waals surface area contributed by atoms with Crippen LogP contribution in [0, 0.1) is 13.8 Å². The summed E-state index contributed by atoms with van der Waals surface area (Å²) in [6.07, 6.45) is 2.90. The second-order valence-corrected chi connectivity index (χ2v) is 4.46. The highest BCUT2D eigenvalue weighted by Crippen LogP contribution is 2.26. The van der Waals surface area contributed by atoms with Crippen LogP contribution >= 0.6 is 0 Å². The van der Waals surface area contributed by atoms with Gasteiger partial charge in [-0.25, -0.2) is 4.79 Å². The highest BCUT2D eigenvalue weighted by molar-refractivity contribution is 5.93. The third kappa shape index (κ3) is 2.76. The van der Waals surface area contributed by atoms with Crippen LogP contribution in [0.25, 0.3) is 0 Å². The van der Waals surface area contributed by atoms with Gasteiger partial charge in [0.25, 0.3) is 0 Å². The average Bonchev–Trinajstić information content (AvgIpc) is 2.69. The van der Waals surface area contributed by atoms with Crippen molar-refractivity contribution in [1.29, 1.82) is 0 Å². The zero-order valence-electron chi connectivity index (χ0n) is 11.1. The van der Waals surface area contributed by atoms with E-state index in [9.17, 15) is 4.79 Å². The first-order valence-corrected chi connectivity index (χ1v) is 6.00. The molecule has 0 amide bonds. The summed E-state index contributed by atoms with van der Waals surface area (Å²) in [5, 5.41) is 12.3. The van der Waals surface area contributed by atoms with Gasteiger partial charge < -0.3 is 14.8 Å². The highest BCUT2D eigenvalue weighted by Gasteiger charge is 2.16. The number of carboxylic acids is 1. The molecule has 0 aliphatic rings. The standard InChI is InChI=1S/C14H16N2O3/c1-8-6-11(10(3)19-8)9(2)16-13-4-5-15-7-12(13)14(17)18/h4-7,9H,1-3H3,(H,15,16)(H,17,18). The summed E-state index contributed by atoms with van der Waals surface area (Å²) >= 11 is 0. The summed E-state index contributed by atoms with van der Waals surface area (Å²) < 4.78 is 5.48. The average molecular weight is 260 g/mol. The monoisotopic (exact) mass is 260 g/mol. The largest absolute Gasteiger partial charge is 0.478 e. The van der Waals surface area contributed by atoms with E-state index in [0.29, 0.717) is 5.69 Å². The number of pyridine rings is 1. The fraction of sp³-hybridized carbons (Fsp3) is 0.286. The molecule has 0 bridgehead atoms. The molecule has 1 atom stereocenters. The van der Waals surface area contributed by atoms with E-state index in [1.165, 1.54) is 6.20 Å². The van der Waals surface area contributed by atoms with E-state index < -0.39 is 5.97 Å². The summed E-state index contributed by atoms with van der Waals surface area (Å²) in [4.78, 5) is 14.9. The van der Waals surface area contributed by atoms with Crippen LogP contribution in [0.1, 0.15) is 40.4 Å². The number of carboxylic acid groups (broad SMARTS) is 1. The molecule has 0 radical (unpaired) electrons. The van der Waals surface area contributed by atoms with Crippen molar-refractivity contribution >= 4 is 11.7 Å². The number of hydrogen-bond donors (Lipinski definition) is 2. The Hall–Kier alpha value is -2.30. The zero-order valence-corrected chi connectivity index (χ0v) is 11.1. The molecule has 2 aromatic heterocycles. The molecule has 2 rings (SSSR count). The van der Waals surface area contributed by atoms with Gasteiger partial charge in [0.2, 0.25) is 0 Å². The van der Waals surface area contributed by atoms with Gasteiger partial charge in [0, 0.05) is 18.0 Å². The molecule has 2 heterocycles. The van der Waals surface area contributed by atoms with Crippen LogP contribution in [-0.2, 0) is 0 Å². The second kappa shape index (κ2) is 5.14. The molecule has 0 aromatic carbocycles. The lowest BCUT2D eigenvalue weighted by atomic mass is 10.1. The lowest BCUT2D eigenvalue weighted by Crippen LogP contribution is -2.11. The van der Waals surface area contributed by atoms with Crippen molar-refractivity contribution in [1.82, 2.24) is 4.98 Å². The van der Waals surface area contributed by atoms with Crippen molar-refractivity contribution in [3.05, 3.63) is 47.2 Å². The van der Waals surface area contributed by atoms with E-state index in [2.05, 4.69) is 10.3 Å². The number of nitrogens with one attached hydrogen (secondary N) is 1. The zero-order chi connectivity index (χ0) is 14.0. The predicted molar refractivity (Wildman–Crippen MR) is 71.4 cm³/mol. The molecule has 2 aromatic rings. The van der Waals surface area contributed by atoms with Crippen LogP contribution in [0.15, 0.2) is 28.9 Å². The molecule has 100 valence electrons. The van der Waals surface area contributed by atoms with E-state index in [1.807, 2.05) is 26.8 Å². The third-order valence-electron chi connectivity index (χ3n) is 2.97. The fourth-order valence-corrected chi connectivity index (χ4v) is 2.08. The Balaban J connectivity index is 2.26. The normalized spacial score (nSPS) is 12.2. The molecule has 0 saturated carbocycles. The summed E-state index contributed by atoms with van der Waals surface area (Å²) in [7, 11) is 0. The number of anilines is 1. The van der Waals surface area contributed by atoms with Gasteiger partial charge in [0.15, 0.2) is 0 Å². The van der Waals surface area contributed by atoms with Gasteiger partial charge in [-0.1, -0.05) is 0 Å². The number of aryl methyl sites for hydroxylation is 2. The van der Waals surface area contributed by atoms with Crippen LogP contribution in [0.4, 0.5) is 5.69 Å². The van der Waals surface area contributed by atoms with Crippen molar-refractivity contribution in [2.45, 2.75) is 26.8 Å². The van der Waals surface area contributed by atoms with E-state index in [4.69, 9.17) is 9.52 Å². The van der Waals surface area contributed by atoms with Crippen LogP contribution in [-0.4, -0.2) is 16.1 Å². The van der Waals surface area contributed by atoms with Crippen molar-refractivity contribution in [3.63, 3.8) is 0 Å². The number of furan rings is 1. The number of aromatic nitrogens is 1. The van der Waals surface area contributed by atoms with Gasteiger partial charge in [-0.2, -0.15) is 0 Å². The summed E-state index contributed by atoms with van der Waals surface area (Å²) in [5.41, 5.74) is 1.73. The van der Waals surface area contributed by atoms with Crippen molar-refractivity contribution in [2.75, 3.05) is 5.32 Å². The van der Waals surface area contributed by atoms with E-state index in [1.54, 1.807) is 12.3 Å². The molecule has 0 fully saturated rings. The van der Waals surface area contributed by atoms with Gasteiger partial charge in [-0.3, -0.25) is 4.98 Å². The third-order valence-corrected chi connectivity index (χ3v) is 2.97. The quantitative estimate of drug-likeness (QED) is 0.883. The molecule has 2 N–H and O–H groups in total. The maximum Gasteiger partial charge on any atom is 0.339 e. The maximum absolute atomic E-state index is 11.1. The van der Waals surface area contributed by atoms with Crippen LogP contribution in [0.5, 0.6) is 0 Å². The van der Waals surface area contributed by atoms with Crippen molar-refractivity contribution in [2.24, 2.45) is 0 Å². The summed E-state index contributed by atoms with van der Waals surface area (Å²) in [6.45, 7) is 5.74. The lowest BCUT2D eigenvalue weighted by Gasteiger charge is -2.16. The first kappa shape index (κ1) is 13.1. The van der Waals surface area contributed by atoms with Crippen molar-refractivity contribution in [3.8, 4) is 0 Å². The molecule has 0 aliphatic carbocycles. The molecular weight excluding hydrogens is 244 g/mol. The fourth-order valence-electron chi connectivity index (χ4n) is 2.08. The summed E-state index contributed by atoms with van der Waals surface area (Å²) in [6, 6.07) is 3.56. The van der Waals surface area contributed by atoms with Gasteiger partial charge in [-0.05, 0) is 32.9 Å². The van der Waals surface area contributed by atoms with Gasteiger partial charge in [-0.15, -0.1) is 0 Å². The molecule has 1 unspecified atom stereocenters. The van der Waals surface area contributed by atoms with Crippen molar-refractivity contribution < 1.29 is 14.3 Å². The molecule has 0 spiro atoms. The lowest BCUT2D eigenvalue weighted by molar-refractivity contribution is 0.0697.